The molecule has 7 heteroatoms. The van der Waals surface area contributed by atoms with Gasteiger partial charge in [-0.05, 0) is 25.1 Å². The molecule has 1 N–H and O–H groups in total. The van der Waals surface area contributed by atoms with Gasteiger partial charge in [0.1, 0.15) is 16.5 Å². The summed E-state index contributed by atoms with van der Waals surface area (Å²) in [5.41, 5.74) is 0. The third kappa shape index (κ3) is 2.52. The van der Waals surface area contributed by atoms with Crippen molar-refractivity contribution < 1.29 is 17.2 Å². The average molecular weight is 276 g/mol. The predicted molar refractivity (Wildman–Crippen MR) is 62.6 cm³/mol. The van der Waals surface area contributed by atoms with E-state index in [1.54, 1.807) is 0 Å². The summed E-state index contributed by atoms with van der Waals surface area (Å²) >= 11 is 0. The van der Waals surface area contributed by atoms with Gasteiger partial charge in [0.15, 0.2) is 0 Å². The molecule has 1 atom stereocenters. The molecule has 0 bridgehead atoms. The van der Waals surface area contributed by atoms with Crippen LogP contribution in [0, 0.1) is 11.6 Å². The number of benzene rings is 1. The number of piperazine rings is 1. The summed E-state index contributed by atoms with van der Waals surface area (Å²) in [4.78, 5) is -0.600. The molecule has 0 amide bonds. The average Bonchev–Trinajstić information content (AvgIpc) is 2.32. The van der Waals surface area contributed by atoms with Crippen molar-refractivity contribution in [3.63, 3.8) is 0 Å². The molecule has 0 aromatic heterocycles. The Hall–Kier alpha value is -1.05. The fourth-order valence-electron chi connectivity index (χ4n) is 1.93. The van der Waals surface area contributed by atoms with Crippen LogP contribution in [-0.4, -0.2) is 38.4 Å². The molecule has 1 heterocycles. The van der Waals surface area contributed by atoms with Gasteiger partial charge in [0.05, 0.1) is 0 Å². The van der Waals surface area contributed by atoms with Crippen LogP contribution in [0.1, 0.15) is 6.92 Å². The van der Waals surface area contributed by atoms with Gasteiger partial charge in [-0.25, -0.2) is 17.2 Å². The molecule has 0 saturated carbocycles. The van der Waals surface area contributed by atoms with Crippen molar-refractivity contribution >= 4 is 10.0 Å². The highest BCUT2D eigenvalue weighted by atomic mass is 32.2. The first kappa shape index (κ1) is 13.4. The Morgan fingerprint density at radius 1 is 1.39 bits per heavy atom. The SMILES string of the molecule is CC1CN(S(=O)(=O)c2cc(F)ccc2F)CCN1. The van der Waals surface area contributed by atoms with Crippen LogP contribution in [0.5, 0.6) is 0 Å². The van der Waals surface area contributed by atoms with E-state index >= 15 is 0 Å². The van der Waals surface area contributed by atoms with Crippen LogP contribution >= 0.6 is 0 Å². The summed E-state index contributed by atoms with van der Waals surface area (Å²) in [6.45, 7) is 2.84. The van der Waals surface area contributed by atoms with E-state index in [1.165, 1.54) is 4.31 Å². The first-order chi connectivity index (χ1) is 8.41. The molecule has 1 fully saturated rings. The quantitative estimate of drug-likeness (QED) is 0.875. The minimum absolute atomic E-state index is 0.00912. The molecule has 1 aliphatic rings. The van der Waals surface area contributed by atoms with E-state index in [4.69, 9.17) is 0 Å². The second-order valence-electron chi connectivity index (χ2n) is 4.29. The van der Waals surface area contributed by atoms with Crippen molar-refractivity contribution in [1.82, 2.24) is 9.62 Å². The molecule has 18 heavy (non-hydrogen) atoms. The Labute approximate surface area is 105 Å². The number of rotatable bonds is 2. The highest BCUT2D eigenvalue weighted by Gasteiger charge is 2.30. The summed E-state index contributed by atoms with van der Waals surface area (Å²) in [6, 6.07) is 2.44. The molecule has 0 spiro atoms. The van der Waals surface area contributed by atoms with Gasteiger partial charge in [0.25, 0.3) is 0 Å². The summed E-state index contributed by atoms with van der Waals surface area (Å²) in [6.07, 6.45) is 0. The molecule has 100 valence electrons. The molecular weight excluding hydrogens is 262 g/mol. The first-order valence-corrected chi connectivity index (χ1v) is 7.04. The third-order valence-electron chi connectivity index (χ3n) is 2.84. The van der Waals surface area contributed by atoms with E-state index in [0.717, 1.165) is 18.2 Å². The Balaban J connectivity index is 2.38. The van der Waals surface area contributed by atoms with Crippen molar-refractivity contribution in [1.29, 1.82) is 0 Å². The molecule has 1 aliphatic heterocycles. The Bertz CT molecular complexity index is 548. The minimum Gasteiger partial charge on any atom is -0.312 e. The Morgan fingerprint density at radius 2 is 2.11 bits per heavy atom. The van der Waals surface area contributed by atoms with Crippen molar-refractivity contribution in [2.45, 2.75) is 17.9 Å². The van der Waals surface area contributed by atoms with Crippen LogP contribution in [0.3, 0.4) is 0 Å². The molecule has 0 aliphatic carbocycles. The van der Waals surface area contributed by atoms with Crippen LogP contribution in [0.15, 0.2) is 23.1 Å². The minimum atomic E-state index is -3.97. The molecule has 2 rings (SSSR count). The van der Waals surface area contributed by atoms with E-state index in [-0.39, 0.29) is 19.1 Å². The van der Waals surface area contributed by atoms with Crippen molar-refractivity contribution in [3.8, 4) is 0 Å². The van der Waals surface area contributed by atoms with Crippen molar-refractivity contribution in [3.05, 3.63) is 29.8 Å². The van der Waals surface area contributed by atoms with Gasteiger partial charge in [0, 0.05) is 25.7 Å². The molecule has 0 radical (unpaired) electrons. The lowest BCUT2D eigenvalue weighted by Gasteiger charge is -2.31. The molecule has 1 unspecified atom stereocenters. The van der Waals surface area contributed by atoms with Gasteiger partial charge in [-0.3, -0.25) is 0 Å². The Kier molecular flexibility index (Phi) is 3.65. The summed E-state index contributed by atoms with van der Waals surface area (Å²) in [7, 11) is -3.97. The lowest BCUT2D eigenvalue weighted by Crippen LogP contribution is -2.51. The second-order valence-corrected chi connectivity index (χ2v) is 6.20. The maximum absolute atomic E-state index is 13.5. The predicted octanol–water partition coefficient (Wildman–Crippen LogP) is 0.947. The maximum atomic E-state index is 13.5. The van der Waals surface area contributed by atoms with Gasteiger partial charge in [-0.15, -0.1) is 0 Å². The maximum Gasteiger partial charge on any atom is 0.246 e. The highest BCUT2D eigenvalue weighted by molar-refractivity contribution is 7.89. The van der Waals surface area contributed by atoms with Gasteiger partial charge in [-0.1, -0.05) is 0 Å². The topological polar surface area (TPSA) is 49.4 Å². The number of sulfonamides is 1. The van der Waals surface area contributed by atoms with E-state index in [0.29, 0.717) is 6.54 Å². The molecular formula is C11H14F2N2O2S. The molecule has 1 saturated heterocycles. The lowest BCUT2D eigenvalue weighted by molar-refractivity contribution is 0.309. The van der Waals surface area contributed by atoms with Crippen LogP contribution in [-0.2, 0) is 10.0 Å². The van der Waals surface area contributed by atoms with Crippen LogP contribution in [0.2, 0.25) is 0 Å². The van der Waals surface area contributed by atoms with E-state index in [9.17, 15) is 17.2 Å². The first-order valence-electron chi connectivity index (χ1n) is 5.60. The van der Waals surface area contributed by atoms with E-state index in [1.807, 2.05) is 6.92 Å². The van der Waals surface area contributed by atoms with E-state index < -0.39 is 26.6 Å². The Morgan fingerprint density at radius 3 is 2.78 bits per heavy atom. The smallest absolute Gasteiger partial charge is 0.246 e. The fraction of sp³-hybridized carbons (Fsp3) is 0.455. The zero-order valence-corrected chi connectivity index (χ0v) is 10.7. The van der Waals surface area contributed by atoms with Crippen LogP contribution < -0.4 is 5.32 Å². The fourth-order valence-corrected chi connectivity index (χ4v) is 3.53. The van der Waals surface area contributed by atoms with E-state index in [2.05, 4.69) is 5.32 Å². The highest BCUT2D eigenvalue weighted by Crippen LogP contribution is 2.21. The van der Waals surface area contributed by atoms with Gasteiger partial charge < -0.3 is 5.32 Å². The molecule has 4 nitrogen and oxygen atoms in total. The van der Waals surface area contributed by atoms with Crippen molar-refractivity contribution in [2.75, 3.05) is 19.6 Å². The second kappa shape index (κ2) is 4.91. The van der Waals surface area contributed by atoms with Crippen LogP contribution in [0.25, 0.3) is 0 Å². The molecule has 1 aromatic rings. The number of nitrogens with zero attached hydrogens (tertiary/aromatic N) is 1. The summed E-state index contributed by atoms with van der Waals surface area (Å²) in [5, 5.41) is 3.09. The monoisotopic (exact) mass is 276 g/mol. The zero-order valence-electron chi connectivity index (χ0n) is 9.86. The number of hydrogen-bond donors (Lipinski definition) is 1. The molecule has 1 aromatic carbocycles. The number of hydrogen-bond acceptors (Lipinski definition) is 3. The standard InChI is InChI=1S/C11H14F2N2O2S/c1-8-7-15(5-4-14-8)18(16,17)11-6-9(12)2-3-10(11)13/h2-3,6,8,14H,4-5,7H2,1H3. The van der Waals surface area contributed by atoms with Crippen LogP contribution in [0.4, 0.5) is 8.78 Å². The number of halogens is 2. The van der Waals surface area contributed by atoms with Gasteiger partial charge in [-0.2, -0.15) is 4.31 Å². The largest absolute Gasteiger partial charge is 0.312 e. The third-order valence-corrected chi connectivity index (χ3v) is 4.72. The van der Waals surface area contributed by atoms with Gasteiger partial charge in [0.2, 0.25) is 10.0 Å². The summed E-state index contributed by atoms with van der Waals surface area (Å²) in [5.74, 6) is -1.69. The van der Waals surface area contributed by atoms with Gasteiger partial charge >= 0.3 is 0 Å². The number of nitrogens with one attached hydrogen (secondary N) is 1. The normalized spacial score (nSPS) is 22.1. The lowest BCUT2D eigenvalue weighted by atomic mass is 10.3. The zero-order chi connectivity index (χ0) is 13.3. The van der Waals surface area contributed by atoms with Crippen molar-refractivity contribution in [2.24, 2.45) is 0 Å². The summed E-state index contributed by atoms with van der Waals surface area (Å²) < 4.78 is 52.2.